The SMILES string of the molecule is CC1(C)C[C@@H]2CN1c1nc(-n3ccc(OCCC4(C5CC5)CCC4)n3)ccc1C(=O)NS(=O)(=O)c1cccc(n1)NCCO2. The zero-order valence-electron chi connectivity index (χ0n) is 25.2. The number of carbonyl (C=O) groups is 1. The molecule has 0 radical (unpaired) electrons. The molecule has 44 heavy (non-hydrogen) atoms. The predicted octanol–water partition coefficient (Wildman–Crippen LogP) is 3.93. The van der Waals surface area contributed by atoms with Crippen molar-refractivity contribution in [3.63, 3.8) is 0 Å². The maximum absolute atomic E-state index is 13.6. The number of rotatable bonds is 6. The average Bonchev–Trinajstić information content (AvgIpc) is 3.62. The molecule has 0 aromatic carbocycles. The minimum absolute atomic E-state index is 0.111. The Morgan fingerprint density at radius 3 is 2.73 bits per heavy atom. The predicted molar refractivity (Wildman–Crippen MR) is 164 cm³/mol. The number of ether oxygens (including phenoxy) is 2. The molecular formula is C31H39N7O5S. The van der Waals surface area contributed by atoms with E-state index in [1.807, 2.05) is 11.0 Å². The van der Waals surface area contributed by atoms with Crippen LogP contribution in [0.3, 0.4) is 0 Å². The Bertz CT molecular complexity index is 1660. The van der Waals surface area contributed by atoms with E-state index in [1.165, 1.54) is 38.2 Å². The average molecular weight is 622 g/mol. The number of aromatic nitrogens is 4. The molecule has 1 amide bonds. The van der Waals surface area contributed by atoms with Crippen molar-refractivity contribution in [2.75, 3.05) is 36.5 Å². The maximum atomic E-state index is 13.6. The van der Waals surface area contributed by atoms with E-state index in [-0.39, 0.29) is 16.7 Å². The van der Waals surface area contributed by atoms with Gasteiger partial charge in [0.25, 0.3) is 15.9 Å². The Balaban J connectivity index is 1.18. The molecule has 2 saturated carbocycles. The number of pyridine rings is 2. The number of hydrogen-bond donors (Lipinski definition) is 2. The maximum Gasteiger partial charge on any atom is 0.281 e. The number of amides is 1. The molecular weight excluding hydrogens is 582 g/mol. The molecule has 7 rings (SSSR count). The first-order valence-electron chi connectivity index (χ1n) is 15.5. The molecule has 0 unspecified atom stereocenters. The summed E-state index contributed by atoms with van der Waals surface area (Å²) in [5, 5.41) is 7.46. The van der Waals surface area contributed by atoms with Gasteiger partial charge in [0, 0.05) is 30.9 Å². The highest BCUT2D eigenvalue weighted by atomic mass is 32.2. The summed E-state index contributed by atoms with van der Waals surface area (Å²) in [6.45, 7) is 6.10. The summed E-state index contributed by atoms with van der Waals surface area (Å²) in [5.41, 5.74) is 0.183. The topological polar surface area (TPSA) is 141 Å². The number of nitrogens with one attached hydrogen (secondary N) is 2. The van der Waals surface area contributed by atoms with Gasteiger partial charge in [0.15, 0.2) is 10.8 Å². The van der Waals surface area contributed by atoms with E-state index in [4.69, 9.17) is 14.5 Å². The van der Waals surface area contributed by atoms with Gasteiger partial charge in [0.05, 0.1) is 24.9 Å². The molecule has 3 fully saturated rings. The second kappa shape index (κ2) is 11.0. The van der Waals surface area contributed by atoms with Crippen LogP contribution in [0.15, 0.2) is 47.6 Å². The zero-order valence-corrected chi connectivity index (χ0v) is 26.0. The van der Waals surface area contributed by atoms with E-state index in [0.717, 1.165) is 12.3 Å². The smallest absolute Gasteiger partial charge is 0.281 e. The first kappa shape index (κ1) is 29.0. The highest BCUT2D eigenvalue weighted by Crippen LogP contribution is 2.59. The first-order chi connectivity index (χ1) is 21.1. The third-order valence-electron chi connectivity index (χ3n) is 9.63. The Hall–Kier alpha value is -3.71. The van der Waals surface area contributed by atoms with Crippen LogP contribution in [0.4, 0.5) is 11.6 Å². The van der Waals surface area contributed by atoms with E-state index in [0.29, 0.717) is 61.5 Å². The highest BCUT2D eigenvalue weighted by Gasteiger charge is 2.48. The quantitative estimate of drug-likeness (QED) is 0.416. The van der Waals surface area contributed by atoms with Crippen LogP contribution in [0.2, 0.25) is 0 Å². The normalized spacial score (nSPS) is 23.7. The lowest BCUT2D eigenvalue weighted by atomic mass is 9.63. The van der Waals surface area contributed by atoms with Gasteiger partial charge < -0.3 is 19.7 Å². The van der Waals surface area contributed by atoms with E-state index in [2.05, 4.69) is 34.0 Å². The summed E-state index contributed by atoms with van der Waals surface area (Å²) in [4.78, 5) is 24.7. The van der Waals surface area contributed by atoms with Crippen LogP contribution in [-0.2, 0) is 14.8 Å². The molecule has 2 N–H and O–H groups in total. The van der Waals surface area contributed by atoms with Crippen molar-refractivity contribution >= 4 is 27.6 Å². The third kappa shape index (κ3) is 5.63. The molecule has 3 aromatic rings. The molecule has 0 spiro atoms. The van der Waals surface area contributed by atoms with Gasteiger partial charge in [-0.1, -0.05) is 12.5 Å². The van der Waals surface area contributed by atoms with E-state index in [1.54, 1.807) is 35.1 Å². The second-order valence-corrected chi connectivity index (χ2v) is 14.7. The lowest BCUT2D eigenvalue weighted by Crippen LogP contribution is -2.41. The Morgan fingerprint density at radius 2 is 1.95 bits per heavy atom. The number of nitrogens with zero attached hydrogens (tertiary/aromatic N) is 5. The Labute approximate surface area is 257 Å². The summed E-state index contributed by atoms with van der Waals surface area (Å²) >= 11 is 0. The highest BCUT2D eigenvalue weighted by molar-refractivity contribution is 7.90. The minimum atomic E-state index is -4.25. The summed E-state index contributed by atoms with van der Waals surface area (Å²) in [7, 11) is -4.25. The number of carbonyl (C=O) groups excluding carboxylic acids is 1. The van der Waals surface area contributed by atoms with Gasteiger partial charge in [0.2, 0.25) is 5.88 Å². The van der Waals surface area contributed by atoms with Gasteiger partial charge in [-0.15, -0.1) is 5.10 Å². The van der Waals surface area contributed by atoms with Crippen LogP contribution in [0.1, 0.15) is 69.2 Å². The molecule has 1 saturated heterocycles. The minimum Gasteiger partial charge on any atom is -0.477 e. The number of fused-ring (bicyclic) bond motifs is 6. The third-order valence-corrected chi connectivity index (χ3v) is 10.9. The van der Waals surface area contributed by atoms with Crippen LogP contribution in [0.25, 0.3) is 5.82 Å². The number of sulfonamides is 1. The molecule has 1 atom stereocenters. The van der Waals surface area contributed by atoms with Gasteiger partial charge in [-0.05, 0) is 88.0 Å². The monoisotopic (exact) mass is 621 g/mol. The number of anilines is 2. The van der Waals surface area contributed by atoms with Gasteiger partial charge in [-0.25, -0.2) is 19.4 Å². The zero-order chi connectivity index (χ0) is 30.5. The summed E-state index contributed by atoms with van der Waals surface area (Å²) in [5.74, 6) is 1.83. The molecule has 234 valence electrons. The van der Waals surface area contributed by atoms with Gasteiger partial charge >= 0.3 is 0 Å². The van der Waals surface area contributed by atoms with Crippen LogP contribution in [0.5, 0.6) is 5.88 Å². The molecule has 2 aliphatic carbocycles. The lowest BCUT2D eigenvalue weighted by Gasteiger charge is -2.42. The van der Waals surface area contributed by atoms with Crippen molar-refractivity contribution < 1.29 is 22.7 Å². The molecule has 4 aliphatic rings. The molecule has 3 aromatic heterocycles. The van der Waals surface area contributed by atoms with Crippen LogP contribution in [0, 0.1) is 11.3 Å². The second-order valence-electron chi connectivity index (χ2n) is 13.1. The molecule has 13 heteroatoms. The van der Waals surface area contributed by atoms with Crippen LogP contribution < -0.4 is 19.7 Å². The molecule has 4 bridgehead atoms. The van der Waals surface area contributed by atoms with Gasteiger partial charge in [-0.3, -0.25) is 4.79 Å². The fourth-order valence-electron chi connectivity index (χ4n) is 6.97. The lowest BCUT2D eigenvalue weighted by molar-refractivity contribution is 0.0662. The van der Waals surface area contributed by atoms with E-state index < -0.39 is 21.5 Å². The largest absolute Gasteiger partial charge is 0.477 e. The first-order valence-corrected chi connectivity index (χ1v) is 17.0. The van der Waals surface area contributed by atoms with Gasteiger partial charge in [-0.2, -0.15) is 8.42 Å². The van der Waals surface area contributed by atoms with Crippen molar-refractivity contribution in [2.24, 2.45) is 11.3 Å². The van der Waals surface area contributed by atoms with Crippen LogP contribution >= 0.6 is 0 Å². The van der Waals surface area contributed by atoms with Crippen molar-refractivity contribution in [1.82, 2.24) is 24.5 Å². The summed E-state index contributed by atoms with van der Waals surface area (Å²) < 4.78 is 42.5. The van der Waals surface area contributed by atoms with Crippen LogP contribution in [-0.4, -0.2) is 72.0 Å². The van der Waals surface area contributed by atoms with Gasteiger partial charge in [0.1, 0.15) is 11.6 Å². The van der Waals surface area contributed by atoms with Crippen molar-refractivity contribution in [2.45, 2.75) is 75.5 Å². The Morgan fingerprint density at radius 1 is 1.11 bits per heavy atom. The van der Waals surface area contributed by atoms with Crippen molar-refractivity contribution in [3.8, 4) is 11.7 Å². The van der Waals surface area contributed by atoms with E-state index >= 15 is 0 Å². The molecule has 5 heterocycles. The van der Waals surface area contributed by atoms with E-state index in [9.17, 15) is 13.2 Å². The standard InChI is InChI=1S/C31H39N7O5S/c1-30(2)19-22-20-37(30)28-23(29(39)36-44(40,41)27-6-3-5-24(33-27)32-15-18-42-22)9-10-25(34-28)38-16-11-26(35-38)43-17-14-31(12-4-13-31)21-7-8-21/h3,5-6,9-11,16,21-22H,4,7-8,12-15,17-20H2,1-2H3,(H,32,33)(H,36,39)/t22-/m1/s1. The Kier molecular flexibility index (Phi) is 7.27. The fourth-order valence-corrected chi connectivity index (χ4v) is 7.91. The fraction of sp³-hybridized carbons (Fsp3) is 0.548. The molecule has 12 nitrogen and oxygen atoms in total. The van der Waals surface area contributed by atoms with Crippen molar-refractivity contribution in [3.05, 3.63) is 48.2 Å². The van der Waals surface area contributed by atoms with Crippen molar-refractivity contribution in [1.29, 1.82) is 0 Å². The summed E-state index contributed by atoms with van der Waals surface area (Å²) in [6, 6.07) is 9.67. The number of hydrogen-bond acceptors (Lipinski definition) is 10. The molecule has 2 aliphatic heterocycles. The summed E-state index contributed by atoms with van der Waals surface area (Å²) in [6.07, 6.45) is 10.1.